The highest BCUT2D eigenvalue weighted by Gasteiger charge is 2.10. The minimum absolute atomic E-state index is 0.0992. The number of hydrogen-bond donors (Lipinski definition) is 1. The largest absolute Gasteiger partial charge is 0.347 e. The first-order valence-electron chi connectivity index (χ1n) is 5.48. The average Bonchev–Trinajstić information content (AvgIpc) is 2.55. The zero-order valence-corrected chi connectivity index (χ0v) is 9.62. The molecule has 0 radical (unpaired) electrons. The summed E-state index contributed by atoms with van der Waals surface area (Å²) in [7, 11) is 0. The SMILES string of the molecule is CCn1cc(C(C)N)c2cc(C)ccc21. The van der Waals surface area contributed by atoms with Gasteiger partial charge in [0.15, 0.2) is 0 Å². The van der Waals surface area contributed by atoms with Crippen LogP contribution in [0.15, 0.2) is 24.4 Å². The third-order valence-electron chi connectivity index (χ3n) is 2.90. The number of fused-ring (bicyclic) bond motifs is 1. The Morgan fingerprint density at radius 3 is 2.73 bits per heavy atom. The topological polar surface area (TPSA) is 30.9 Å². The van der Waals surface area contributed by atoms with Gasteiger partial charge in [0.2, 0.25) is 0 Å². The van der Waals surface area contributed by atoms with E-state index in [1.54, 1.807) is 0 Å². The van der Waals surface area contributed by atoms with Crippen molar-refractivity contribution < 1.29 is 0 Å². The molecule has 0 aliphatic heterocycles. The normalized spacial score (nSPS) is 13.3. The van der Waals surface area contributed by atoms with E-state index in [9.17, 15) is 0 Å². The number of nitrogens with zero attached hydrogens (tertiary/aromatic N) is 1. The van der Waals surface area contributed by atoms with Crippen LogP contribution in [0, 0.1) is 6.92 Å². The van der Waals surface area contributed by atoms with Crippen LogP contribution >= 0.6 is 0 Å². The molecule has 1 aromatic carbocycles. The fourth-order valence-electron chi connectivity index (χ4n) is 2.06. The van der Waals surface area contributed by atoms with Gasteiger partial charge in [-0.3, -0.25) is 0 Å². The predicted molar refractivity (Wildman–Crippen MR) is 65.0 cm³/mol. The number of aryl methyl sites for hydroxylation is 2. The van der Waals surface area contributed by atoms with Crippen LogP contribution in [-0.2, 0) is 6.54 Å². The molecule has 0 saturated carbocycles. The van der Waals surface area contributed by atoms with Crippen LogP contribution in [0.1, 0.15) is 31.0 Å². The molecular formula is C13H18N2. The van der Waals surface area contributed by atoms with Gasteiger partial charge in [0, 0.05) is 29.7 Å². The number of rotatable bonds is 2. The van der Waals surface area contributed by atoms with Gasteiger partial charge < -0.3 is 10.3 Å². The molecule has 0 aliphatic rings. The highest BCUT2D eigenvalue weighted by molar-refractivity contribution is 5.85. The van der Waals surface area contributed by atoms with Crippen LogP contribution in [0.4, 0.5) is 0 Å². The van der Waals surface area contributed by atoms with Crippen molar-refractivity contribution in [3.05, 3.63) is 35.5 Å². The Balaban J connectivity index is 2.76. The Labute approximate surface area is 90.7 Å². The maximum atomic E-state index is 5.98. The second kappa shape index (κ2) is 3.70. The molecule has 1 heterocycles. The van der Waals surface area contributed by atoms with Crippen molar-refractivity contribution in [3.63, 3.8) is 0 Å². The molecule has 2 nitrogen and oxygen atoms in total. The van der Waals surface area contributed by atoms with Crippen LogP contribution in [0.5, 0.6) is 0 Å². The van der Waals surface area contributed by atoms with Crippen LogP contribution in [-0.4, -0.2) is 4.57 Å². The fraction of sp³-hybridized carbons (Fsp3) is 0.385. The molecule has 0 fully saturated rings. The lowest BCUT2D eigenvalue weighted by molar-refractivity contribution is 0.770. The van der Waals surface area contributed by atoms with Crippen molar-refractivity contribution in [1.82, 2.24) is 4.57 Å². The van der Waals surface area contributed by atoms with Gasteiger partial charge in [0.25, 0.3) is 0 Å². The lowest BCUT2D eigenvalue weighted by Gasteiger charge is -2.02. The zero-order valence-electron chi connectivity index (χ0n) is 9.62. The van der Waals surface area contributed by atoms with E-state index in [0.717, 1.165) is 6.54 Å². The predicted octanol–water partition coefficient (Wildman–Crippen LogP) is 2.99. The van der Waals surface area contributed by atoms with Gasteiger partial charge >= 0.3 is 0 Å². The van der Waals surface area contributed by atoms with Crippen molar-refractivity contribution >= 4 is 10.9 Å². The summed E-state index contributed by atoms with van der Waals surface area (Å²) in [5.41, 5.74) is 9.81. The van der Waals surface area contributed by atoms with Crippen molar-refractivity contribution in [3.8, 4) is 0 Å². The van der Waals surface area contributed by atoms with E-state index in [1.165, 1.54) is 22.0 Å². The highest BCUT2D eigenvalue weighted by Crippen LogP contribution is 2.26. The van der Waals surface area contributed by atoms with Gasteiger partial charge in [-0.25, -0.2) is 0 Å². The van der Waals surface area contributed by atoms with E-state index in [2.05, 4.69) is 42.8 Å². The molecule has 0 amide bonds. The molecular weight excluding hydrogens is 184 g/mol. The molecule has 1 unspecified atom stereocenters. The van der Waals surface area contributed by atoms with E-state index in [1.807, 2.05) is 6.92 Å². The highest BCUT2D eigenvalue weighted by atomic mass is 15.0. The number of aromatic nitrogens is 1. The van der Waals surface area contributed by atoms with Crippen molar-refractivity contribution in [2.75, 3.05) is 0 Å². The van der Waals surface area contributed by atoms with E-state index in [4.69, 9.17) is 5.73 Å². The van der Waals surface area contributed by atoms with Crippen LogP contribution < -0.4 is 5.73 Å². The third kappa shape index (κ3) is 1.65. The Kier molecular flexibility index (Phi) is 2.53. The van der Waals surface area contributed by atoms with Gasteiger partial charge in [0.05, 0.1) is 0 Å². The second-order valence-electron chi connectivity index (χ2n) is 4.18. The van der Waals surface area contributed by atoms with Crippen molar-refractivity contribution in [1.29, 1.82) is 0 Å². The second-order valence-corrected chi connectivity index (χ2v) is 4.18. The Hall–Kier alpha value is -1.28. The first kappa shape index (κ1) is 10.2. The number of hydrogen-bond acceptors (Lipinski definition) is 1. The smallest absolute Gasteiger partial charge is 0.0483 e. The molecule has 0 spiro atoms. The maximum Gasteiger partial charge on any atom is 0.0483 e. The monoisotopic (exact) mass is 202 g/mol. The lowest BCUT2D eigenvalue weighted by Crippen LogP contribution is -2.04. The molecule has 2 rings (SSSR count). The summed E-state index contributed by atoms with van der Waals surface area (Å²) in [6.45, 7) is 7.31. The van der Waals surface area contributed by atoms with Gasteiger partial charge in [-0.2, -0.15) is 0 Å². The molecule has 15 heavy (non-hydrogen) atoms. The van der Waals surface area contributed by atoms with Crippen LogP contribution in [0.25, 0.3) is 10.9 Å². The van der Waals surface area contributed by atoms with E-state index in [-0.39, 0.29) is 6.04 Å². The number of nitrogens with two attached hydrogens (primary N) is 1. The molecule has 2 heteroatoms. The molecule has 2 N–H and O–H groups in total. The quantitative estimate of drug-likeness (QED) is 0.797. The molecule has 1 aromatic heterocycles. The Morgan fingerprint density at radius 2 is 2.13 bits per heavy atom. The maximum absolute atomic E-state index is 5.98. The minimum atomic E-state index is 0.0992. The first-order chi connectivity index (χ1) is 7.13. The molecule has 0 saturated heterocycles. The minimum Gasteiger partial charge on any atom is -0.347 e. The van der Waals surface area contributed by atoms with Gasteiger partial charge in [-0.1, -0.05) is 11.6 Å². The van der Waals surface area contributed by atoms with Gasteiger partial charge in [-0.05, 0) is 38.5 Å². The number of benzene rings is 1. The lowest BCUT2D eigenvalue weighted by atomic mass is 10.1. The summed E-state index contributed by atoms with van der Waals surface area (Å²) in [5, 5.41) is 1.30. The summed E-state index contributed by atoms with van der Waals surface area (Å²) in [5.74, 6) is 0. The van der Waals surface area contributed by atoms with E-state index in [0.29, 0.717) is 0 Å². The summed E-state index contributed by atoms with van der Waals surface area (Å²) >= 11 is 0. The zero-order chi connectivity index (χ0) is 11.0. The van der Waals surface area contributed by atoms with E-state index >= 15 is 0 Å². The third-order valence-corrected chi connectivity index (χ3v) is 2.90. The summed E-state index contributed by atoms with van der Waals surface area (Å²) in [4.78, 5) is 0. The summed E-state index contributed by atoms with van der Waals surface area (Å²) < 4.78 is 2.26. The first-order valence-corrected chi connectivity index (χ1v) is 5.48. The molecule has 2 aromatic rings. The Bertz CT molecular complexity index is 480. The van der Waals surface area contributed by atoms with Crippen molar-refractivity contribution in [2.24, 2.45) is 5.73 Å². The standard InChI is InChI=1S/C13H18N2/c1-4-15-8-12(10(3)14)11-7-9(2)5-6-13(11)15/h5-8,10H,4,14H2,1-3H3. The van der Waals surface area contributed by atoms with Gasteiger partial charge in [0.1, 0.15) is 0 Å². The fourth-order valence-corrected chi connectivity index (χ4v) is 2.06. The summed E-state index contributed by atoms with van der Waals surface area (Å²) in [6, 6.07) is 6.65. The van der Waals surface area contributed by atoms with Gasteiger partial charge in [-0.15, -0.1) is 0 Å². The molecule has 80 valence electrons. The average molecular weight is 202 g/mol. The molecule has 1 atom stereocenters. The van der Waals surface area contributed by atoms with Crippen LogP contribution in [0.3, 0.4) is 0 Å². The molecule has 0 aliphatic carbocycles. The molecule has 0 bridgehead atoms. The van der Waals surface area contributed by atoms with Crippen LogP contribution in [0.2, 0.25) is 0 Å². The van der Waals surface area contributed by atoms with E-state index < -0.39 is 0 Å². The summed E-state index contributed by atoms with van der Waals surface area (Å²) in [6.07, 6.45) is 2.18. The van der Waals surface area contributed by atoms with Crippen molar-refractivity contribution in [2.45, 2.75) is 33.4 Å². The Morgan fingerprint density at radius 1 is 1.40 bits per heavy atom.